The Morgan fingerprint density at radius 1 is 1.43 bits per heavy atom. The fraction of sp³-hybridized carbons (Fsp3) is 0.300. The Kier molecular flexibility index (Phi) is 4.32. The van der Waals surface area contributed by atoms with Gasteiger partial charge in [0.2, 0.25) is 0 Å². The smallest absolute Gasteiger partial charge is 0.302 e. The van der Waals surface area contributed by atoms with Crippen LogP contribution in [0, 0.1) is 0 Å². The van der Waals surface area contributed by atoms with E-state index < -0.39 is 0 Å². The molecular formula is C10H13NO2S. The molecule has 0 amide bonds. The Morgan fingerprint density at radius 2 is 2.07 bits per heavy atom. The Morgan fingerprint density at radius 3 is 2.57 bits per heavy atom. The van der Waals surface area contributed by atoms with Gasteiger partial charge in [-0.3, -0.25) is 4.79 Å². The van der Waals surface area contributed by atoms with Crippen molar-refractivity contribution in [1.29, 1.82) is 0 Å². The Balaban J connectivity index is 2.50. The predicted molar refractivity (Wildman–Crippen MR) is 59.0 cm³/mol. The number of nitrogens with one attached hydrogen (secondary N) is 1. The largest absolute Gasteiger partial charge is 0.461 e. The van der Waals surface area contributed by atoms with Gasteiger partial charge in [0.1, 0.15) is 6.61 Å². The number of hydrogen-bond acceptors (Lipinski definition) is 4. The van der Waals surface area contributed by atoms with Gasteiger partial charge in [-0.15, -0.1) is 0 Å². The molecule has 4 heteroatoms. The molecule has 1 aromatic carbocycles. The molecule has 0 spiro atoms. The summed E-state index contributed by atoms with van der Waals surface area (Å²) in [6.45, 7) is 1.75. The van der Waals surface area contributed by atoms with Gasteiger partial charge in [-0.1, -0.05) is 24.1 Å². The average Bonchev–Trinajstić information content (AvgIpc) is 2.17. The van der Waals surface area contributed by atoms with Gasteiger partial charge in [0, 0.05) is 18.9 Å². The first kappa shape index (κ1) is 10.9. The van der Waals surface area contributed by atoms with Crippen LogP contribution >= 0.6 is 11.9 Å². The summed E-state index contributed by atoms with van der Waals surface area (Å²) in [5.41, 5.74) is 2.04. The van der Waals surface area contributed by atoms with Crippen molar-refractivity contribution in [2.24, 2.45) is 0 Å². The van der Waals surface area contributed by atoms with Crippen LogP contribution in [-0.4, -0.2) is 12.2 Å². The van der Waals surface area contributed by atoms with Gasteiger partial charge < -0.3 is 9.46 Å². The van der Waals surface area contributed by atoms with E-state index in [1.165, 1.54) is 6.92 Å². The fourth-order valence-electron chi connectivity index (χ4n) is 0.972. The van der Waals surface area contributed by atoms with Crippen LogP contribution in [-0.2, 0) is 16.1 Å². The lowest BCUT2D eigenvalue weighted by Gasteiger charge is -2.04. The number of rotatable bonds is 4. The van der Waals surface area contributed by atoms with E-state index in [1.807, 2.05) is 30.5 Å². The second-order valence-corrected chi connectivity index (χ2v) is 3.40. The zero-order chi connectivity index (χ0) is 10.4. The van der Waals surface area contributed by atoms with Crippen LogP contribution in [0.2, 0.25) is 0 Å². The number of carbonyl (C=O) groups is 1. The van der Waals surface area contributed by atoms with Crippen LogP contribution < -0.4 is 4.72 Å². The van der Waals surface area contributed by atoms with E-state index in [1.54, 1.807) is 11.9 Å². The highest BCUT2D eigenvalue weighted by Gasteiger charge is 1.96. The second-order valence-electron chi connectivity index (χ2n) is 2.78. The lowest BCUT2D eigenvalue weighted by molar-refractivity contribution is -0.142. The van der Waals surface area contributed by atoms with Crippen LogP contribution in [0.3, 0.4) is 0 Å². The highest BCUT2D eigenvalue weighted by Crippen LogP contribution is 2.12. The van der Waals surface area contributed by atoms with Crippen molar-refractivity contribution in [3.05, 3.63) is 29.8 Å². The van der Waals surface area contributed by atoms with Gasteiger partial charge >= 0.3 is 5.97 Å². The quantitative estimate of drug-likeness (QED) is 0.613. The van der Waals surface area contributed by atoms with Gasteiger partial charge in [-0.25, -0.2) is 0 Å². The van der Waals surface area contributed by atoms with Crippen molar-refractivity contribution in [3.63, 3.8) is 0 Å². The summed E-state index contributed by atoms with van der Waals surface area (Å²) in [7, 11) is 0. The third-order valence-electron chi connectivity index (χ3n) is 1.62. The molecule has 0 saturated carbocycles. The Hall–Kier alpha value is -1.16. The van der Waals surface area contributed by atoms with Crippen molar-refractivity contribution in [1.82, 2.24) is 0 Å². The molecule has 0 aromatic heterocycles. The van der Waals surface area contributed by atoms with E-state index in [2.05, 4.69) is 4.72 Å². The highest BCUT2D eigenvalue weighted by molar-refractivity contribution is 7.99. The summed E-state index contributed by atoms with van der Waals surface area (Å²) >= 11 is 1.54. The van der Waals surface area contributed by atoms with E-state index in [4.69, 9.17) is 4.74 Å². The summed E-state index contributed by atoms with van der Waals surface area (Å²) in [6.07, 6.45) is 1.97. The maximum Gasteiger partial charge on any atom is 0.302 e. The molecule has 0 aliphatic rings. The van der Waals surface area contributed by atoms with Gasteiger partial charge in [-0.2, -0.15) is 0 Å². The van der Waals surface area contributed by atoms with Crippen molar-refractivity contribution in [2.75, 3.05) is 11.0 Å². The van der Waals surface area contributed by atoms with Crippen LogP contribution in [0.4, 0.5) is 5.69 Å². The average molecular weight is 211 g/mol. The monoisotopic (exact) mass is 211 g/mol. The van der Waals surface area contributed by atoms with Gasteiger partial charge in [-0.05, 0) is 17.7 Å². The van der Waals surface area contributed by atoms with Crippen LogP contribution in [0.15, 0.2) is 24.3 Å². The van der Waals surface area contributed by atoms with Gasteiger partial charge in [0.15, 0.2) is 0 Å². The third-order valence-corrected chi connectivity index (χ3v) is 2.06. The summed E-state index contributed by atoms with van der Waals surface area (Å²) in [6, 6.07) is 7.77. The van der Waals surface area contributed by atoms with Crippen LogP contribution in [0.1, 0.15) is 12.5 Å². The van der Waals surface area contributed by atoms with E-state index in [9.17, 15) is 4.79 Å². The first-order valence-electron chi connectivity index (χ1n) is 4.23. The van der Waals surface area contributed by atoms with Crippen molar-refractivity contribution >= 4 is 23.6 Å². The minimum atomic E-state index is -0.253. The molecule has 0 bridgehead atoms. The summed E-state index contributed by atoms with van der Waals surface area (Å²) in [4.78, 5) is 10.5. The zero-order valence-electron chi connectivity index (χ0n) is 8.24. The Labute approximate surface area is 88.0 Å². The zero-order valence-corrected chi connectivity index (χ0v) is 9.06. The lowest BCUT2D eigenvalue weighted by atomic mass is 10.2. The molecule has 0 heterocycles. The third kappa shape index (κ3) is 3.70. The first-order valence-corrected chi connectivity index (χ1v) is 5.46. The molecule has 3 nitrogen and oxygen atoms in total. The standard InChI is InChI=1S/C10H13NO2S/c1-8(12)13-7-9-3-5-10(6-4-9)11-14-2/h3-6,11H,7H2,1-2H3. The number of hydrogen-bond donors (Lipinski definition) is 1. The van der Waals surface area contributed by atoms with E-state index in [0.717, 1.165) is 11.3 Å². The number of carbonyl (C=O) groups excluding carboxylic acids is 1. The van der Waals surface area contributed by atoms with Crippen molar-refractivity contribution in [3.8, 4) is 0 Å². The molecule has 14 heavy (non-hydrogen) atoms. The lowest BCUT2D eigenvalue weighted by Crippen LogP contribution is -1.98. The first-order chi connectivity index (χ1) is 6.72. The second kappa shape index (κ2) is 5.54. The molecule has 0 unspecified atom stereocenters. The molecule has 1 rings (SSSR count). The van der Waals surface area contributed by atoms with Gasteiger partial charge in [0.05, 0.1) is 0 Å². The van der Waals surface area contributed by atoms with Gasteiger partial charge in [0.25, 0.3) is 0 Å². The number of anilines is 1. The molecular weight excluding hydrogens is 198 g/mol. The van der Waals surface area contributed by atoms with Crippen molar-refractivity contribution < 1.29 is 9.53 Å². The van der Waals surface area contributed by atoms with E-state index in [-0.39, 0.29) is 5.97 Å². The maximum absolute atomic E-state index is 10.5. The predicted octanol–water partition coefficient (Wildman–Crippen LogP) is 2.44. The minimum absolute atomic E-state index is 0.253. The molecule has 1 aromatic rings. The minimum Gasteiger partial charge on any atom is -0.461 e. The molecule has 1 N–H and O–H groups in total. The molecule has 0 fully saturated rings. The van der Waals surface area contributed by atoms with Crippen LogP contribution in [0.25, 0.3) is 0 Å². The maximum atomic E-state index is 10.5. The fourth-order valence-corrected chi connectivity index (χ4v) is 1.34. The Bertz CT molecular complexity index is 297. The summed E-state index contributed by atoms with van der Waals surface area (Å²) < 4.78 is 7.97. The number of ether oxygens (including phenoxy) is 1. The number of esters is 1. The van der Waals surface area contributed by atoms with E-state index in [0.29, 0.717) is 6.61 Å². The summed E-state index contributed by atoms with van der Waals surface area (Å²) in [5.74, 6) is -0.253. The van der Waals surface area contributed by atoms with Crippen molar-refractivity contribution in [2.45, 2.75) is 13.5 Å². The number of benzene rings is 1. The van der Waals surface area contributed by atoms with Crippen LogP contribution in [0.5, 0.6) is 0 Å². The molecule has 0 radical (unpaired) electrons. The molecule has 0 aliphatic carbocycles. The SMILES string of the molecule is CSNc1ccc(COC(C)=O)cc1. The van der Waals surface area contributed by atoms with E-state index >= 15 is 0 Å². The normalized spacial score (nSPS) is 9.57. The highest BCUT2D eigenvalue weighted by atomic mass is 32.2. The molecule has 76 valence electrons. The topological polar surface area (TPSA) is 38.3 Å². The molecule has 0 atom stereocenters. The molecule has 0 saturated heterocycles. The summed E-state index contributed by atoms with van der Waals surface area (Å²) in [5, 5.41) is 0. The molecule has 0 aliphatic heterocycles.